The van der Waals surface area contributed by atoms with Gasteiger partial charge in [-0.3, -0.25) is 0 Å². The Bertz CT molecular complexity index is 634. The Hall–Kier alpha value is -0.740. The predicted molar refractivity (Wildman–Crippen MR) is 92.7 cm³/mol. The lowest BCUT2D eigenvalue weighted by atomic mass is 9.98. The smallest absolute Gasteiger partial charge is 0.124 e. The molecule has 2 rings (SSSR count). The first kappa shape index (κ1) is 16.6. The highest BCUT2D eigenvalue weighted by Crippen LogP contribution is 2.33. The van der Waals surface area contributed by atoms with E-state index in [4.69, 9.17) is 27.9 Å². The fourth-order valence-electron chi connectivity index (χ4n) is 2.27. The van der Waals surface area contributed by atoms with Crippen LogP contribution in [0.15, 0.2) is 40.9 Å². The summed E-state index contributed by atoms with van der Waals surface area (Å²) in [4.78, 5) is 0. The van der Waals surface area contributed by atoms with Gasteiger partial charge in [-0.2, -0.15) is 0 Å². The van der Waals surface area contributed by atoms with Crippen molar-refractivity contribution in [3.05, 3.63) is 62.0 Å². The van der Waals surface area contributed by atoms with Gasteiger partial charge in [-0.1, -0.05) is 57.3 Å². The highest BCUT2D eigenvalue weighted by Gasteiger charge is 2.17. The van der Waals surface area contributed by atoms with Gasteiger partial charge in [0.25, 0.3) is 0 Å². The summed E-state index contributed by atoms with van der Waals surface area (Å²) in [6.07, 6.45) is 0.730. The molecule has 1 N–H and O–H groups in total. The molecule has 0 fully saturated rings. The van der Waals surface area contributed by atoms with Crippen molar-refractivity contribution >= 4 is 39.1 Å². The number of nitrogens with one attached hydrogen (secondary N) is 1. The van der Waals surface area contributed by atoms with Gasteiger partial charge in [-0.25, -0.2) is 0 Å². The second kappa shape index (κ2) is 7.50. The number of rotatable bonds is 5. The molecule has 0 radical (unpaired) electrons. The van der Waals surface area contributed by atoms with Crippen molar-refractivity contribution in [1.82, 2.24) is 5.32 Å². The van der Waals surface area contributed by atoms with Crippen LogP contribution >= 0.6 is 39.1 Å². The average molecular weight is 389 g/mol. The summed E-state index contributed by atoms with van der Waals surface area (Å²) < 4.78 is 6.46. The van der Waals surface area contributed by atoms with Crippen LogP contribution in [0.4, 0.5) is 0 Å². The lowest BCUT2D eigenvalue weighted by Gasteiger charge is -2.20. The number of hydrogen-bond donors (Lipinski definition) is 1. The largest absolute Gasteiger partial charge is 0.496 e. The maximum absolute atomic E-state index is 6.28. The van der Waals surface area contributed by atoms with E-state index in [1.165, 1.54) is 0 Å². The van der Waals surface area contributed by atoms with Crippen LogP contribution in [0.1, 0.15) is 17.2 Å². The Balaban J connectivity index is 2.34. The van der Waals surface area contributed by atoms with Crippen molar-refractivity contribution in [3.63, 3.8) is 0 Å². The molecule has 0 bridgehead atoms. The maximum atomic E-state index is 6.28. The van der Waals surface area contributed by atoms with E-state index >= 15 is 0 Å². The van der Waals surface area contributed by atoms with E-state index in [9.17, 15) is 0 Å². The fraction of sp³-hybridized carbons (Fsp3) is 0.250. The highest BCUT2D eigenvalue weighted by atomic mass is 79.9. The molecule has 0 aliphatic heterocycles. The zero-order valence-corrected chi connectivity index (χ0v) is 14.9. The van der Waals surface area contributed by atoms with E-state index in [1.807, 2.05) is 37.4 Å². The average Bonchev–Trinajstić information content (AvgIpc) is 2.49. The first-order chi connectivity index (χ1) is 10.1. The van der Waals surface area contributed by atoms with E-state index in [1.54, 1.807) is 13.2 Å². The second-order valence-electron chi connectivity index (χ2n) is 4.64. The van der Waals surface area contributed by atoms with Crippen molar-refractivity contribution in [2.24, 2.45) is 0 Å². The summed E-state index contributed by atoms with van der Waals surface area (Å²) in [7, 11) is 3.59. The molecule has 0 saturated carbocycles. The summed E-state index contributed by atoms with van der Waals surface area (Å²) in [6.45, 7) is 0. The van der Waals surface area contributed by atoms with Gasteiger partial charge >= 0.3 is 0 Å². The van der Waals surface area contributed by atoms with Crippen LogP contribution in [0.2, 0.25) is 10.0 Å². The van der Waals surface area contributed by atoms with Crippen LogP contribution in [0, 0.1) is 0 Å². The number of halogens is 3. The van der Waals surface area contributed by atoms with Gasteiger partial charge in [0.2, 0.25) is 0 Å². The molecule has 1 unspecified atom stereocenters. The van der Waals surface area contributed by atoms with Crippen molar-refractivity contribution in [2.75, 3.05) is 14.2 Å². The summed E-state index contributed by atoms with van der Waals surface area (Å²) >= 11 is 15.8. The summed E-state index contributed by atoms with van der Waals surface area (Å²) in [5.74, 6) is 0.835. The minimum atomic E-state index is 0.0871. The number of methoxy groups -OCH3 is 1. The van der Waals surface area contributed by atoms with Crippen molar-refractivity contribution in [3.8, 4) is 5.75 Å². The van der Waals surface area contributed by atoms with Gasteiger partial charge in [-0.15, -0.1) is 0 Å². The Morgan fingerprint density at radius 2 is 2.00 bits per heavy atom. The van der Waals surface area contributed by atoms with E-state index in [-0.39, 0.29) is 6.04 Å². The third kappa shape index (κ3) is 3.92. The molecule has 2 aromatic rings. The molecule has 0 saturated heterocycles. The molecule has 0 aromatic heterocycles. The zero-order valence-electron chi connectivity index (χ0n) is 11.8. The third-order valence-corrected chi connectivity index (χ3v) is 4.73. The van der Waals surface area contributed by atoms with Gasteiger partial charge in [0.05, 0.1) is 17.2 Å². The minimum Gasteiger partial charge on any atom is -0.496 e. The van der Waals surface area contributed by atoms with Crippen molar-refractivity contribution < 1.29 is 4.74 Å². The predicted octanol–water partition coefficient (Wildman–Crippen LogP) is 5.27. The molecule has 0 spiro atoms. The van der Waals surface area contributed by atoms with E-state index in [2.05, 4.69) is 21.2 Å². The molecule has 0 aliphatic rings. The molecule has 0 heterocycles. The van der Waals surface area contributed by atoms with Crippen LogP contribution in [0.25, 0.3) is 0 Å². The lowest BCUT2D eigenvalue weighted by molar-refractivity contribution is 0.401. The molecule has 1 atom stereocenters. The molecule has 2 aromatic carbocycles. The normalized spacial score (nSPS) is 12.2. The van der Waals surface area contributed by atoms with Crippen LogP contribution in [-0.2, 0) is 6.42 Å². The van der Waals surface area contributed by atoms with E-state index < -0.39 is 0 Å². The Kier molecular flexibility index (Phi) is 5.94. The van der Waals surface area contributed by atoms with Crippen LogP contribution in [0.3, 0.4) is 0 Å². The van der Waals surface area contributed by atoms with Gasteiger partial charge in [0, 0.05) is 16.1 Å². The van der Waals surface area contributed by atoms with Gasteiger partial charge < -0.3 is 10.1 Å². The molecular formula is C16H16BrCl2NO. The molecule has 5 heteroatoms. The number of ether oxygens (including phenoxy) is 1. The molecule has 0 aliphatic carbocycles. The van der Waals surface area contributed by atoms with Gasteiger partial charge in [0.15, 0.2) is 0 Å². The van der Waals surface area contributed by atoms with Crippen LogP contribution < -0.4 is 10.1 Å². The standard InChI is InChI=1S/C16H16BrCl2NO/c1-20-14(8-10-4-3-5-13(18)16(10)19)12-7-6-11(17)9-15(12)21-2/h3-7,9,14,20H,8H2,1-2H3. The van der Waals surface area contributed by atoms with E-state index in [0.717, 1.165) is 27.8 Å². The van der Waals surface area contributed by atoms with Gasteiger partial charge in [-0.05, 0) is 37.2 Å². The zero-order chi connectivity index (χ0) is 15.4. The molecule has 112 valence electrons. The fourth-order valence-corrected chi connectivity index (χ4v) is 3.00. The summed E-state index contributed by atoms with van der Waals surface area (Å²) in [5.41, 5.74) is 2.09. The number of likely N-dealkylation sites (N-methyl/N-ethyl adjacent to an activating group) is 1. The van der Waals surface area contributed by atoms with Crippen molar-refractivity contribution in [1.29, 1.82) is 0 Å². The monoisotopic (exact) mass is 387 g/mol. The number of hydrogen-bond acceptors (Lipinski definition) is 2. The second-order valence-corrected chi connectivity index (χ2v) is 6.35. The highest BCUT2D eigenvalue weighted by molar-refractivity contribution is 9.10. The SMILES string of the molecule is CNC(Cc1cccc(Cl)c1Cl)c1ccc(Br)cc1OC. The van der Waals surface area contributed by atoms with Crippen LogP contribution in [-0.4, -0.2) is 14.2 Å². The molecule has 0 amide bonds. The Morgan fingerprint density at radius 3 is 2.67 bits per heavy atom. The lowest BCUT2D eigenvalue weighted by Crippen LogP contribution is -2.19. The Labute approximate surface area is 143 Å². The quantitative estimate of drug-likeness (QED) is 0.753. The first-order valence-electron chi connectivity index (χ1n) is 6.50. The maximum Gasteiger partial charge on any atom is 0.124 e. The summed E-state index contributed by atoms with van der Waals surface area (Å²) in [6, 6.07) is 11.8. The van der Waals surface area contributed by atoms with Crippen molar-refractivity contribution in [2.45, 2.75) is 12.5 Å². The minimum absolute atomic E-state index is 0.0871. The third-order valence-electron chi connectivity index (χ3n) is 3.38. The Morgan fingerprint density at radius 1 is 1.24 bits per heavy atom. The van der Waals surface area contributed by atoms with Crippen LogP contribution in [0.5, 0.6) is 5.75 Å². The van der Waals surface area contributed by atoms with E-state index in [0.29, 0.717) is 10.0 Å². The molecule has 2 nitrogen and oxygen atoms in total. The topological polar surface area (TPSA) is 21.3 Å². The molecular weight excluding hydrogens is 373 g/mol. The summed E-state index contributed by atoms with van der Waals surface area (Å²) in [5, 5.41) is 4.49. The number of benzene rings is 2. The van der Waals surface area contributed by atoms with Gasteiger partial charge in [0.1, 0.15) is 5.75 Å². The first-order valence-corrected chi connectivity index (χ1v) is 8.05. The molecule has 21 heavy (non-hydrogen) atoms.